The van der Waals surface area contributed by atoms with Gasteiger partial charge in [-0.05, 0) is 12.1 Å². The van der Waals surface area contributed by atoms with Crippen LogP contribution in [0.4, 0.5) is 20.2 Å². The van der Waals surface area contributed by atoms with Crippen LogP contribution in [0.15, 0.2) is 34.1 Å². The molecule has 0 saturated heterocycles. The maximum absolute atomic E-state index is 13.1. The number of hydrogen-bond acceptors (Lipinski definition) is 5. The Hall–Kier alpha value is -2.75. The van der Waals surface area contributed by atoms with Gasteiger partial charge in [0.1, 0.15) is 23.9 Å². The van der Waals surface area contributed by atoms with Crippen LogP contribution < -0.4 is 15.8 Å². The van der Waals surface area contributed by atoms with Gasteiger partial charge in [0, 0.05) is 18.8 Å². The molecule has 1 aromatic carbocycles. The second-order valence-corrected chi connectivity index (χ2v) is 6.29. The Bertz CT molecular complexity index is 911. The summed E-state index contributed by atoms with van der Waals surface area (Å²) in [6.07, 6.45) is 1.40. The molecule has 25 heavy (non-hydrogen) atoms. The first-order valence-corrected chi connectivity index (χ1v) is 8.09. The van der Waals surface area contributed by atoms with Crippen LogP contribution >= 0.6 is 11.8 Å². The summed E-state index contributed by atoms with van der Waals surface area (Å²) < 4.78 is 27.2. The van der Waals surface area contributed by atoms with E-state index in [9.17, 15) is 23.2 Å². The average Bonchev–Trinajstić information content (AvgIpc) is 2.52. The van der Waals surface area contributed by atoms with Crippen molar-refractivity contribution < 1.29 is 18.4 Å². The predicted molar refractivity (Wildman–Crippen MR) is 87.6 cm³/mol. The number of amides is 2. The van der Waals surface area contributed by atoms with Crippen LogP contribution in [0.2, 0.25) is 0 Å². The van der Waals surface area contributed by atoms with Gasteiger partial charge in [0.25, 0.3) is 5.56 Å². The standard InChI is InChI=1S/C15H12F2N4O3S/c1-20-13(23)7-25-11-5-18-21(15(24)14(11)20)6-12(22)19-10-3-8(16)2-9(17)4-10/h2-5H,6-7H2,1H3,(H,19,22). The third-order valence-electron chi connectivity index (χ3n) is 3.49. The number of thioether (sulfide) groups is 1. The molecule has 0 aliphatic carbocycles. The molecule has 1 aliphatic rings. The summed E-state index contributed by atoms with van der Waals surface area (Å²) >= 11 is 1.20. The lowest BCUT2D eigenvalue weighted by atomic mass is 10.3. The van der Waals surface area contributed by atoms with Crippen LogP contribution in [0.3, 0.4) is 0 Å². The Morgan fingerprint density at radius 2 is 1.96 bits per heavy atom. The van der Waals surface area contributed by atoms with Gasteiger partial charge in [0.15, 0.2) is 0 Å². The van der Waals surface area contributed by atoms with E-state index in [0.717, 1.165) is 16.8 Å². The molecule has 1 N–H and O–H groups in total. The molecule has 0 spiro atoms. The van der Waals surface area contributed by atoms with Crippen molar-refractivity contribution in [3.05, 3.63) is 46.4 Å². The van der Waals surface area contributed by atoms with E-state index in [1.54, 1.807) is 0 Å². The van der Waals surface area contributed by atoms with Gasteiger partial charge >= 0.3 is 0 Å². The fourth-order valence-corrected chi connectivity index (χ4v) is 3.27. The monoisotopic (exact) mass is 366 g/mol. The SMILES string of the molecule is CN1C(=O)CSc2cnn(CC(=O)Nc3cc(F)cc(F)c3)c(=O)c21. The smallest absolute Gasteiger partial charge is 0.292 e. The lowest BCUT2D eigenvalue weighted by Crippen LogP contribution is -2.40. The highest BCUT2D eigenvalue weighted by molar-refractivity contribution is 8.00. The first-order chi connectivity index (χ1) is 11.8. The maximum Gasteiger partial charge on any atom is 0.292 e. The molecule has 0 unspecified atom stereocenters. The van der Waals surface area contributed by atoms with E-state index in [4.69, 9.17) is 0 Å². The summed E-state index contributed by atoms with van der Waals surface area (Å²) in [6.45, 7) is -0.461. The van der Waals surface area contributed by atoms with Crippen molar-refractivity contribution in [1.82, 2.24) is 9.78 Å². The normalized spacial score (nSPS) is 13.6. The number of anilines is 2. The number of rotatable bonds is 3. The van der Waals surface area contributed by atoms with E-state index in [0.29, 0.717) is 11.0 Å². The molecule has 2 heterocycles. The lowest BCUT2D eigenvalue weighted by molar-refractivity contribution is -0.117. The number of nitrogens with zero attached hydrogens (tertiary/aromatic N) is 3. The summed E-state index contributed by atoms with van der Waals surface area (Å²) in [6, 6.07) is 2.58. The number of carbonyl (C=O) groups is 2. The van der Waals surface area contributed by atoms with Gasteiger partial charge in [0.2, 0.25) is 11.8 Å². The topological polar surface area (TPSA) is 84.3 Å². The number of carbonyl (C=O) groups excluding carboxylic acids is 2. The minimum absolute atomic E-state index is 0.0728. The van der Waals surface area contributed by atoms with Gasteiger partial charge in [-0.2, -0.15) is 5.10 Å². The largest absolute Gasteiger partial charge is 0.324 e. The maximum atomic E-state index is 13.1. The summed E-state index contributed by atoms with van der Waals surface area (Å²) in [4.78, 5) is 38.0. The molecular formula is C15H12F2N4O3S. The van der Waals surface area contributed by atoms with Crippen LogP contribution in [0.5, 0.6) is 0 Å². The molecular weight excluding hydrogens is 354 g/mol. The Balaban J connectivity index is 1.82. The molecule has 1 aromatic heterocycles. The van der Waals surface area contributed by atoms with Crippen molar-refractivity contribution in [3.63, 3.8) is 0 Å². The second-order valence-electron chi connectivity index (χ2n) is 5.27. The van der Waals surface area contributed by atoms with Crippen molar-refractivity contribution in [2.45, 2.75) is 11.4 Å². The third kappa shape index (κ3) is 3.53. The Labute approximate surface area is 144 Å². The van der Waals surface area contributed by atoms with Gasteiger partial charge < -0.3 is 10.2 Å². The molecule has 3 rings (SSSR count). The van der Waals surface area contributed by atoms with E-state index in [-0.39, 0.29) is 23.0 Å². The zero-order valence-electron chi connectivity index (χ0n) is 13.0. The summed E-state index contributed by atoms with van der Waals surface area (Å²) in [5.41, 5.74) is -0.515. The van der Waals surface area contributed by atoms with Crippen LogP contribution in [0, 0.1) is 11.6 Å². The second kappa shape index (κ2) is 6.63. The molecule has 1 aliphatic heterocycles. The molecule has 2 amide bonds. The van der Waals surface area contributed by atoms with Gasteiger partial charge in [-0.25, -0.2) is 13.5 Å². The van der Waals surface area contributed by atoms with E-state index in [1.807, 2.05) is 0 Å². The van der Waals surface area contributed by atoms with Crippen LogP contribution in [-0.4, -0.2) is 34.4 Å². The molecule has 0 atom stereocenters. The van der Waals surface area contributed by atoms with Crippen LogP contribution in [0.25, 0.3) is 0 Å². The minimum Gasteiger partial charge on any atom is -0.324 e. The van der Waals surface area contributed by atoms with Crippen molar-refractivity contribution in [3.8, 4) is 0 Å². The van der Waals surface area contributed by atoms with E-state index in [2.05, 4.69) is 10.4 Å². The molecule has 0 fully saturated rings. The van der Waals surface area contributed by atoms with Gasteiger partial charge in [-0.15, -0.1) is 11.8 Å². The summed E-state index contributed by atoms with van der Waals surface area (Å²) in [5, 5.41) is 6.20. The van der Waals surface area contributed by atoms with Gasteiger partial charge in [0.05, 0.1) is 16.8 Å². The molecule has 2 aromatic rings. The fraction of sp³-hybridized carbons (Fsp3) is 0.200. The Morgan fingerprint density at radius 3 is 2.64 bits per heavy atom. The minimum atomic E-state index is -0.837. The average molecular weight is 366 g/mol. The van der Waals surface area contributed by atoms with Gasteiger partial charge in [-0.1, -0.05) is 0 Å². The number of benzene rings is 1. The van der Waals surface area contributed by atoms with E-state index in [1.165, 1.54) is 29.9 Å². The summed E-state index contributed by atoms with van der Waals surface area (Å²) in [5.74, 6) is -2.38. The number of fused-ring (bicyclic) bond motifs is 1. The molecule has 0 saturated carbocycles. The first-order valence-electron chi connectivity index (χ1n) is 7.10. The van der Waals surface area contributed by atoms with Gasteiger partial charge in [-0.3, -0.25) is 14.4 Å². The third-order valence-corrected chi connectivity index (χ3v) is 4.49. The quantitative estimate of drug-likeness (QED) is 0.883. The molecule has 0 radical (unpaired) electrons. The number of hydrogen-bond donors (Lipinski definition) is 1. The fourth-order valence-electron chi connectivity index (χ4n) is 2.31. The Morgan fingerprint density at radius 1 is 1.28 bits per heavy atom. The molecule has 0 bridgehead atoms. The van der Waals surface area contributed by atoms with E-state index < -0.39 is 29.6 Å². The highest BCUT2D eigenvalue weighted by Gasteiger charge is 2.26. The number of aromatic nitrogens is 2. The van der Waals surface area contributed by atoms with Crippen molar-refractivity contribution in [2.24, 2.45) is 0 Å². The van der Waals surface area contributed by atoms with E-state index >= 15 is 0 Å². The highest BCUT2D eigenvalue weighted by atomic mass is 32.2. The van der Waals surface area contributed by atoms with Crippen molar-refractivity contribution >= 4 is 35.0 Å². The molecule has 7 nitrogen and oxygen atoms in total. The summed E-state index contributed by atoms with van der Waals surface area (Å²) in [7, 11) is 1.47. The van der Waals surface area contributed by atoms with Crippen LogP contribution in [-0.2, 0) is 16.1 Å². The predicted octanol–water partition coefficient (Wildman–Crippen LogP) is 1.23. The first kappa shape index (κ1) is 17.1. The highest BCUT2D eigenvalue weighted by Crippen LogP contribution is 2.30. The van der Waals surface area contributed by atoms with Crippen molar-refractivity contribution in [2.75, 3.05) is 23.0 Å². The zero-order valence-corrected chi connectivity index (χ0v) is 13.8. The Kier molecular flexibility index (Phi) is 4.53. The number of nitrogens with one attached hydrogen (secondary N) is 1. The van der Waals surface area contributed by atoms with Crippen molar-refractivity contribution in [1.29, 1.82) is 0 Å². The molecule has 130 valence electrons. The van der Waals surface area contributed by atoms with Crippen LogP contribution in [0.1, 0.15) is 0 Å². The number of halogens is 2. The zero-order chi connectivity index (χ0) is 18.1. The molecule has 10 heteroatoms. The lowest BCUT2D eigenvalue weighted by Gasteiger charge is -2.24.